The Hall–Kier alpha value is -5.64. The van der Waals surface area contributed by atoms with Gasteiger partial charge in [0.25, 0.3) is 0 Å². The van der Waals surface area contributed by atoms with Crippen molar-refractivity contribution in [2.75, 3.05) is 9.80 Å². The molecule has 0 amide bonds. The first-order valence-electron chi connectivity index (χ1n) is 18.1. The second-order valence-corrected chi connectivity index (χ2v) is 15.3. The fraction of sp³-hybridized carbons (Fsp3) is 0.125. The predicted molar refractivity (Wildman–Crippen MR) is 217 cm³/mol. The highest BCUT2D eigenvalue weighted by atomic mass is 32.1. The largest absolute Gasteiger partial charge is 0.310 e. The van der Waals surface area contributed by atoms with Crippen LogP contribution in [-0.4, -0.2) is 0 Å². The van der Waals surface area contributed by atoms with Crippen molar-refractivity contribution in [2.24, 2.45) is 0 Å². The monoisotopic (exact) mass is 674 g/mol. The smallest absolute Gasteiger partial charge is 0.0476 e. The van der Waals surface area contributed by atoms with Crippen molar-refractivity contribution in [3.63, 3.8) is 0 Å². The van der Waals surface area contributed by atoms with Gasteiger partial charge in [-0.1, -0.05) is 84.9 Å². The summed E-state index contributed by atoms with van der Waals surface area (Å²) in [5.41, 5.74) is 14.5. The number of thiophene rings is 1. The van der Waals surface area contributed by atoms with Crippen LogP contribution in [0.4, 0.5) is 34.1 Å². The molecule has 0 saturated carbocycles. The Morgan fingerprint density at radius 2 is 0.941 bits per heavy atom. The molecule has 0 bridgehead atoms. The first kappa shape index (κ1) is 30.2. The van der Waals surface area contributed by atoms with E-state index in [1.807, 2.05) is 11.3 Å². The Morgan fingerprint density at radius 1 is 0.451 bits per heavy atom. The van der Waals surface area contributed by atoms with E-state index in [1.165, 1.54) is 82.1 Å². The molecule has 0 aliphatic heterocycles. The highest BCUT2D eigenvalue weighted by Gasteiger charge is 2.45. The van der Waals surface area contributed by atoms with Gasteiger partial charge in [0.15, 0.2) is 0 Å². The summed E-state index contributed by atoms with van der Waals surface area (Å²) in [6.07, 6.45) is 4.52. The van der Waals surface area contributed by atoms with Crippen molar-refractivity contribution < 1.29 is 0 Å². The Balaban J connectivity index is 1.10. The molecule has 0 radical (unpaired) electrons. The summed E-state index contributed by atoms with van der Waals surface area (Å²) < 4.78 is 2.68. The van der Waals surface area contributed by atoms with Gasteiger partial charge in [-0.15, -0.1) is 11.3 Å². The van der Waals surface area contributed by atoms with Gasteiger partial charge in [-0.05, 0) is 139 Å². The minimum atomic E-state index is 0.00501. The van der Waals surface area contributed by atoms with Gasteiger partial charge in [0.2, 0.25) is 0 Å². The molecule has 10 rings (SSSR count). The molecule has 2 aliphatic carbocycles. The van der Waals surface area contributed by atoms with Gasteiger partial charge < -0.3 is 9.80 Å². The minimum absolute atomic E-state index is 0.00501. The maximum absolute atomic E-state index is 2.53. The molecule has 0 N–H and O–H groups in total. The standard InChI is InChI=1S/C48H38N2S/c1-33-12-11-19-45-47(33)42-25-24-41(32-46(42)51-45)50(38-17-9-4-10-18-38)40-23-21-35-27-29-48(44(35)31-40)28-26-34-20-22-39(30-43(34)48)49(36-13-5-2-6-14-36)37-15-7-3-8-16-37/h2-25,30-32H,26-29H2,1H3/t48-/m1/s1. The van der Waals surface area contributed by atoms with Crippen LogP contribution in [0.1, 0.15) is 40.7 Å². The number of para-hydroxylation sites is 3. The van der Waals surface area contributed by atoms with Crippen molar-refractivity contribution in [3.8, 4) is 0 Å². The first-order chi connectivity index (χ1) is 25.2. The fourth-order valence-electron chi connectivity index (χ4n) is 9.00. The molecule has 3 heteroatoms. The molecule has 7 aromatic carbocycles. The van der Waals surface area contributed by atoms with Crippen LogP contribution >= 0.6 is 11.3 Å². The van der Waals surface area contributed by atoms with E-state index >= 15 is 0 Å². The molecule has 0 saturated heterocycles. The van der Waals surface area contributed by atoms with E-state index < -0.39 is 0 Å². The normalized spacial score (nSPS) is 16.1. The van der Waals surface area contributed by atoms with Crippen molar-refractivity contribution in [3.05, 3.63) is 192 Å². The van der Waals surface area contributed by atoms with Gasteiger partial charge in [-0.25, -0.2) is 0 Å². The molecule has 51 heavy (non-hydrogen) atoms. The number of hydrogen-bond acceptors (Lipinski definition) is 3. The Kier molecular flexibility index (Phi) is 7.11. The maximum atomic E-state index is 2.53. The van der Waals surface area contributed by atoms with Crippen molar-refractivity contribution >= 4 is 65.6 Å². The highest BCUT2D eigenvalue weighted by molar-refractivity contribution is 7.25. The van der Waals surface area contributed by atoms with E-state index in [9.17, 15) is 0 Å². The fourth-order valence-corrected chi connectivity index (χ4v) is 10.2. The number of hydrogen-bond donors (Lipinski definition) is 0. The summed E-state index contributed by atoms with van der Waals surface area (Å²) in [5.74, 6) is 0. The van der Waals surface area contributed by atoms with Crippen molar-refractivity contribution in [1.82, 2.24) is 0 Å². The summed E-state index contributed by atoms with van der Waals surface area (Å²) in [4.78, 5) is 4.86. The lowest BCUT2D eigenvalue weighted by Crippen LogP contribution is -2.22. The lowest BCUT2D eigenvalue weighted by Gasteiger charge is -2.31. The second-order valence-electron chi connectivity index (χ2n) is 14.2. The molecule has 0 unspecified atom stereocenters. The van der Waals surface area contributed by atoms with E-state index in [2.05, 4.69) is 181 Å². The van der Waals surface area contributed by atoms with Crippen LogP contribution in [0.15, 0.2) is 164 Å². The van der Waals surface area contributed by atoms with Gasteiger partial charge in [0, 0.05) is 59.7 Å². The summed E-state index contributed by atoms with van der Waals surface area (Å²) >= 11 is 1.90. The van der Waals surface area contributed by atoms with E-state index in [4.69, 9.17) is 0 Å². The summed E-state index contributed by atoms with van der Waals surface area (Å²) in [6.45, 7) is 2.23. The third-order valence-electron chi connectivity index (χ3n) is 11.4. The molecule has 1 heterocycles. The zero-order valence-corrected chi connectivity index (χ0v) is 29.5. The second kappa shape index (κ2) is 12.0. The number of aryl methyl sites for hydroxylation is 3. The number of nitrogens with zero attached hydrogens (tertiary/aromatic N) is 2. The van der Waals surface area contributed by atoms with E-state index in [0.29, 0.717) is 0 Å². The quantitative estimate of drug-likeness (QED) is 0.173. The van der Waals surface area contributed by atoms with Gasteiger partial charge in [0.1, 0.15) is 0 Å². The lowest BCUT2D eigenvalue weighted by molar-refractivity contribution is 0.507. The molecule has 1 aromatic heterocycles. The van der Waals surface area contributed by atoms with Crippen LogP contribution in [0.3, 0.4) is 0 Å². The van der Waals surface area contributed by atoms with E-state index in [-0.39, 0.29) is 5.41 Å². The third kappa shape index (κ3) is 4.91. The minimum Gasteiger partial charge on any atom is -0.310 e. The zero-order chi connectivity index (χ0) is 33.9. The van der Waals surface area contributed by atoms with Crippen LogP contribution in [-0.2, 0) is 18.3 Å². The predicted octanol–water partition coefficient (Wildman–Crippen LogP) is 13.5. The lowest BCUT2D eigenvalue weighted by atomic mass is 9.76. The van der Waals surface area contributed by atoms with Gasteiger partial charge >= 0.3 is 0 Å². The molecule has 0 fully saturated rings. The average Bonchev–Trinajstić information content (AvgIpc) is 3.87. The van der Waals surface area contributed by atoms with Crippen LogP contribution < -0.4 is 9.80 Å². The third-order valence-corrected chi connectivity index (χ3v) is 12.5. The molecule has 1 spiro atoms. The number of anilines is 6. The van der Waals surface area contributed by atoms with Crippen LogP contribution in [0.2, 0.25) is 0 Å². The Morgan fingerprint density at radius 3 is 1.49 bits per heavy atom. The average molecular weight is 675 g/mol. The Bertz CT molecular complexity index is 2510. The molecule has 2 aliphatic rings. The van der Waals surface area contributed by atoms with E-state index in [1.54, 1.807) is 0 Å². The summed E-state index contributed by atoms with van der Waals surface area (Å²) in [7, 11) is 0. The zero-order valence-electron chi connectivity index (χ0n) is 28.7. The van der Waals surface area contributed by atoms with Crippen molar-refractivity contribution in [1.29, 1.82) is 0 Å². The highest BCUT2D eigenvalue weighted by Crippen LogP contribution is 2.55. The van der Waals surface area contributed by atoms with Gasteiger partial charge in [-0.2, -0.15) is 0 Å². The molecular formula is C48H38N2S. The van der Waals surface area contributed by atoms with Gasteiger partial charge in [0.05, 0.1) is 0 Å². The SMILES string of the molecule is Cc1cccc2sc3cc(N(c4ccccc4)c4ccc5c(c4)[C@]4(CCc6ccc(N(c7ccccc7)c7ccccc7)cc64)CC5)ccc3c12. The Labute approximate surface area is 303 Å². The van der Waals surface area contributed by atoms with Gasteiger partial charge in [-0.3, -0.25) is 0 Å². The van der Waals surface area contributed by atoms with Crippen LogP contribution in [0.25, 0.3) is 20.2 Å². The van der Waals surface area contributed by atoms with E-state index in [0.717, 1.165) is 25.7 Å². The number of rotatable bonds is 6. The number of benzene rings is 7. The maximum Gasteiger partial charge on any atom is 0.0476 e. The summed E-state index contributed by atoms with van der Waals surface area (Å²) in [5, 5.41) is 2.73. The molecule has 1 atom stereocenters. The molecule has 246 valence electrons. The van der Waals surface area contributed by atoms with Crippen LogP contribution in [0, 0.1) is 6.92 Å². The molecule has 8 aromatic rings. The first-order valence-corrected chi connectivity index (χ1v) is 18.9. The topological polar surface area (TPSA) is 6.48 Å². The summed E-state index contributed by atoms with van der Waals surface area (Å²) in [6, 6.07) is 60.7. The van der Waals surface area contributed by atoms with Crippen molar-refractivity contribution in [2.45, 2.75) is 38.0 Å². The number of fused-ring (bicyclic) bond motifs is 7. The molecule has 2 nitrogen and oxygen atoms in total. The van der Waals surface area contributed by atoms with Crippen LogP contribution in [0.5, 0.6) is 0 Å². The molecular weight excluding hydrogens is 637 g/mol.